The molecule has 596 valence electrons. The second-order valence-corrected chi connectivity index (χ2v) is 40.7. The Kier molecular flexibility index (Phi) is 21.8. The van der Waals surface area contributed by atoms with Gasteiger partial charge >= 0.3 is 0 Å². The molecule has 4 aliphatic rings. The molecule has 0 aliphatic heterocycles. The lowest BCUT2D eigenvalue weighted by Gasteiger charge is -2.43. The zero-order chi connectivity index (χ0) is 82.6. The van der Waals surface area contributed by atoms with Crippen molar-refractivity contribution in [2.24, 2.45) is 0 Å². The maximum Gasteiger partial charge on any atom is 0.137 e. The molecule has 14 aromatic rings. The topological polar surface area (TPSA) is 62.0 Å². The van der Waals surface area contributed by atoms with Gasteiger partial charge in [0.1, 0.15) is 22.3 Å². The number of para-hydroxylation sites is 2. The molecule has 4 aliphatic carbocycles. The molecule has 6 nitrogen and oxygen atoms in total. The van der Waals surface area contributed by atoms with Gasteiger partial charge in [0.2, 0.25) is 0 Å². The molecule has 2 heterocycles. The lowest BCUT2D eigenvalue weighted by atomic mass is 9.63. The minimum absolute atomic E-state index is 0.0710. The number of hydrogen-bond acceptors (Lipinski definition) is 6. The first kappa shape index (κ1) is 81.9. The van der Waals surface area contributed by atoms with E-state index in [0.29, 0.717) is 5.02 Å². The summed E-state index contributed by atoms with van der Waals surface area (Å²) in [5, 5.41) is 6.49. The number of nitrogens with zero attached hydrogens (tertiary/aromatic N) is 3. The second-order valence-electron chi connectivity index (χ2n) is 38.5. The number of aryl methyl sites for hydroxylation is 2. The first-order chi connectivity index (χ1) is 54.8. The number of rotatable bonds is 9. The molecule has 0 amide bonds. The molecule has 12 aromatic carbocycles. The molecular weight excluding hydrogens is 1550 g/mol. The number of nitrogens with two attached hydrogens (primary N) is 1. The fraction of sp³-hybridized carbons (Fsp3) is 0.321. The summed E-state index contributed by atoms with van der Waals surface area (Å²) >= 11 is 22.3. The number of nitrogen functional groups attached to an aromatic ring is 1. The van der Waals surface area contributed by atoms with E-state index in [1.54, 1.807) is 0 Å². The zero-order valence-electron chi connectivity index (χ0n) is 71.0. The van der Waals surface area contributed by atoms with E-state index in [2.05, 4.69) is 301 Å². The van der Waals surface area contributed by atoms with Crippen LogP contribution in [0.15, 0.2) is 256 Å². The molecule has 2 N–H and O–H groups in total. The number of benzene rings is 12. The van der Waals surface area contributed by atoms with Crippen LogP contribution in [-0.4, -0.2) is 0 Å². The first-order valence-corrected chi connectivity index (χ1v) is 43.3. The third-order valence-corrected chi connectivity index (χ3v) is 27.3. The number of furan rings is 2. The average molecular weight is 1660 g/mol. The maximum atomic E-state index is 6.78. The molecule has 116 heavy (non-hydrogen) atoms. The van der Waals surface area contributed by atoms with E-state index in [9.17, 15) is 0 Å². The molecule has 0 saturated heterocycles. The van der Waals surface area contributed by atoms with Crippen molar-refractivity contribution < 1.29 is 8.83 Å². The van der Waals surface area contributed by atoms with Gasteiger partial charge < -0.3 is 29.3 Å². The van der Waals surface area contributed by atoms with Gasteiger partial charge in [0.05, 0.1) is 16.5 Å². The van der Waals surface area contributed by atoms with E-state index >= 15 is 0 Å². The molecule has 0 spiro atoms. The van der Waals surface area contributed by atoms with Gasteiger partial charge in [-0.2, -0.15) is 0 Å². The van der Waals surface area contributed by atoms with Crippen LogP contribution in [0.5, 0.6) is 0 Å². The van der Waals surface area contributed by atoms with Gasteiger partial charge in [-0.1, -0.05) is 246 Å². The first-order valence-electron chi connectivity index (χ1n) is 41.4. The lowest BCUT2D eigenvalue weighted by molar-refractivity contribution is 0.332. The summed E-state index contributed by atoms with van der Waals surface area (Å²) in [6, 6.07) is 86.4. The van der Waals surface area contributed by atoms with Crippen molar-refractivity contribution in [2.45, 2.75) is 219 Å². The Morgan fingerprint density at radius 3 is 0.991 bits per heavy atom. The van der Waals surface area contributed by atoms with Crippen LogP contribution in [0, 0.1) is 13.8 Å². The van der Waals surface area contributed by atoms with Crippen LogP contribution >= 0.6 is 50.7 Å². The monoisotopic (exact) mass is 1660 g/mol. The third kappa shape index (κ3) is 16.1. The molecule has 0 saturated carbocycles. The van der Waals surface area contributed by atoms with Crippen LogP contribution < -0.4 is 20.4 Å². The lowest BCUT2D eigenvalue weighted by Crippen LogP contribution is -2.34. The van der Waals surface area contributed by atoms with Crippen LogP contribution in [0.3, 0.4) is 0 Å². The largest absolute Gasteiger partial charge is 0.456 e. The summed E-state index contributed by atoms with van der Waals surface area (Å²) in [5.74, 6) is 0. The summed E-state index contributed by atoms with van der Waals surface area (Å²) < 4.78 is 13.1. The van der Waals surface area contributed by atoms with Crippen molar-refractivity contribution in [1.29, 1.82) is 0 Å². The standard InChI is InChI=1S/C53H55ClN2O.C35H44ClN.C12H9NO.C6H4BrCl/c1-34-28-39(31-40(29-34)56(36-15-12-14-35(54)30-36)46-17-13-19-48-49(46)41-16-10-11-18-47(41)57-48)55(37-20-22-42-44(32-37)52(6,7)26-24-50(42,2)3)38-21-23-43-45(33-38)53(8,9)27-25-51(43,4)5;1-23-18-24(36)20-27(19-23)37(25-10-12-28-30(21-25)34(6,7)16-14-32(28,2)3)26-11-13-29-31(22-26)35(8,9)17-15-33(29,4)5;13-9-5-3-7-11-12(9)8-4-1-2-6-10(8)14-11;7-5-2-1-3-6(8)4-5/h10-23,28-33H,24-27H2,1-9H3;10-13,18-22H,14-17H2,1-9H3;1-7H,13H2;1-4H. The Morgan fingerprint density at radius 2 is 0.595 bits per heavy atom. The number of fused-ring (bicyclic) bond motifs is 10. The molecule has 0 unspecified atom stereocenters. The van der Waals surface area contributed by atoms with E-state index in [4.69, 9.17) is 49.4 Å². The Morgan fingerprint density at radius 1 is 0.276 bits per heavy atom. The average Bonchev–Trinajstić information content (AvgIpc) is 1.29. The van der Waals surface area contributed by atoms with Crippen LogP contribution in [0.25, 0.3) is 43.9 Å². The fourth-order valence-corrected chi connectivity index (χ4v) is 20.0. The van der Waals surface area contributed by atoms with Crippen molar-refractivity contribution in [1.82, 2.24) is 0 Å². The SMILES string of the molecule is Cc1cc(Cl)cc(N(c2ccc3c(c2)C(C)(C)CCC3(C)C)c2ccc3c(c2)C(C)(C)CCC3(C)C)c1.Cc1cc(N(c2ccc3c(c2)C(C)(C)CCC3(C)C)c2ccc3c(c2)C(C)(C)CCC3(C)C)cc(N(c2cccc(Cl)c2)c2cccc3oc4ccccc4c23)c1.Clc1cccc(Br)c1.Nc1cccc2oc3ccccc3c12. The van der Waals surface area contributed by atoms with Crippen molar-refractivity contribution >= 4 is 151 Å². The number of halogens is 4. The third-order valence-electron chi connectivity index (χ3n) is 26.1. The summed E-state index contributed by atoms with van der Waals surface area (Å²) in [6.07, 6.45) is 9.55. The maximum absolute atomic E-state index is 6.78. The van der Waals surface area contributed by atoms with E-state index in [1.165, 1.54) is 117 Å². The quantitative estimate of drug-likeness (QED) is 0.145. The summed E-state index contributed by atoms with van der Waals surface area (Å²) in [5.41, 5.74) is 35.4. The highest BCUT2D eigenvalue weighted by Gasteiger charge is 2.43. The second kappa shape index (κ2) is 30.9. The fourth-order valence-electron chi connectivity index (χ4n) is 18.9. The van der Waals surface area contributed by atoms with E-state index in [0.717, 1.165) is 105 Å². The van der Waals surface area contributed by atoms with E-state index < -0.39 is 0 Å². The Bertz CT molecular complexity index is 5890. The molecule has 0 fully saturated rings. The van der Waals surface area contributed by atoms with E-state index in [1.807, 2.05) is 97.1 Å². The van der Waals surface area contributed by atoms with Gasteiger partial charge in [-0.3, -0.25) is 0 Å². The molecule has 10 heteroatoms. The minimum Gasteiger partial charge on any atom is -0.456 e. The molecule has 0 bridgehead atoms. The molecular formula is C106H112BrCl3N4O2. The van der Waals surface area contributed by atoms with Crippen molar-refractivity contribution in [3.63, 3.8) is 0 Å². The zero-order valence-corrected chi connectivity index (χ0v) is 74.9. The van der Waals surface area contributed by atoms with Crippen LogP contribution in [0.1, 0.15) is 218 Å². The summed E-state index contributed by atoms with van der Waals surface area (Å²) in [4.78, 5) is 7.28. The van der Waals surface area contributed by atoms with Crippen LogP contribution in [0.4, 0.5) is 56.9 Å². The highest BCUT2D eigenvalue weighted by molar-refractivity contribution is 9.10. The predicted octanol–water partition coefficient (Wildman–Crippen LogP) is 33.3. The Labute approximate surface area is 712 Å². The van der Waals surface area contributed by atoms with Gasteiger partial charge in [0, 0.05) is 81.5 Å². The minimum atomic E-state index is 0.0710. The predicted molar refractivity (Wildman–Crippen MR) is 502 cm³/mol. The van der Waals surface area contributed by atoms with Gasteiger partial charge in [-0.15, -0.1) is 0 Å². The van der Waals surface area contributed by atoms with Crippen molar-refractivity contribution in [3.05, 3.63) is 318 Å². The van der Waals surface area contributed by atoms with E-state index in [-0.39, 0.29) is 43.3 Å². The van der Waals surface area contributed by atoms with Crippen LogP contribution in [0.2, 0.25) is 15.1 Å². The highest BCUT2D eigenvalue weighted by Crippen LogP contribution is 2.55. The van der Waals surface area contributed by atoms with Gasteiger partial charge in [0.25, 0.3) is 0 Å². The molecule has 18 rings (SSSR count). The van der Waals surface area contributed by atoms with Crippen LogP contribution in [-0.2, 0) is 43.3 Å². The molecule has 0 radical (unpaired) electrons. The highest BCUT2D eigenvalue weighted by atomic mass is 79.9. The molecule has 0 atom stereocenters. The van der Waals surface area contributed by atoms with Gasteiger partial charge in [0.15, 0.2) is 0 Å². The molecule has 2 aromatic heterocycles. The Hall–Kier alpha value is -9.21. The number of anilines is 10. The van der Waals surface area contributed by atoms with Crippen molar-refractivity contribution in [3.8, 4) is 0 Å². The number of hydrogen-bond donors (Lipinski definition) is 1. The normalized spacial score (nSPS) is 17.2. The van der Waals surface area contributed by atoms with Gasteiger partial charge in [-0.05, 0) is 322 Å². The van der Waals surface area contributed by atoms with Gasteiger partial charge in [-0.25, -0.2) is 0 Å². The summed E-state index contributed by atoms with van der Waals surface area (Å²) in [7, 11) is 0. The van der Waals surface area contributed by atoms with Crippen molar-refractivity contribution in [2.75, 3.05) is 20.4 Å². The summed E-state index contributed by atoms with van der Waals surface area (Å²) in [6.45, 7) is 42.9. The smallest absolute Gasteiger partial charge is 0.137 e. The Balaban J connectivity index is 0.000000150.